The van der Waals surface area contributed by atoms with Gasteiger partial charge < -0.3 is 5.32 Å². The molecule has 0 amide bonds. The van der Waals surface area contributed by atoms with Gasteiger partial charge >= 0.3 is 0 Å². The van der Waals surface area contributed by atoms with Crippen molar-refractivity contribution >= 4 is 5.69 Å². The first-order valence-corrected chi connectivity index (χ1v) is 5.93. The third-order valence-corrected chi connectivity index (χ3v) is 2.93. The molecule has 1 N–H and O–H groups in total. The van der Waals surface area contributed by atoms with Gasteiger partial charge in [0, 0.05) is 5.56 Å². The standard InChI is InChI=1S/C15H11F3N2/c1-9(15-12(17)5-2-6-13(15)18)20-14-7-3-4-11(16)10(14)8-19/h2-7,9,20H,1H3. The van der Waals surface area contributed by atoms with Crippen molar-refractivity contribution in [1.82, 2.24) is 0 Å². The average molecular weight is 276 g/mol. The quantitative estimate of drug-likeness (QED) is 0.914. The highest BCUT2D eigenvalue weighted by Gasteiger charge is 2.17. The fourth-order valence-electron chi connectivity index (χ4n) is 1.99. The molecule has 0 bridgehead atoms. The molecule has 102 valence electrons. The Kier molecular flexibility index (Phi) is 3.94. The molecule has 0 saturated carbocycles. The zero-order valence-electron chi connectivity index (χ0n) is 10.6. The van der Waals surface area contributed by atoms with Gasteiger partial charge in [0.2, 0.25) is 0 Å². The molecule has 0 saturated heterocycles. The molecule has 0 aliphatic heterocycles. The van der Waals surface area contributed by atoms with Crippen LogP contribution in [0.15, 0.2) is 36.4 Å². The number of nitriles is 1. The van der Waals surface area contributed by atoms with Crippen molar-refractivity contribution in [2.45, 2.75) is 13.0 Å². The number of hydrogen-bond donors (Lipinski definition) is 1. The Morgan fingerprint density at radius 1 is 1.00 bits per heavy atom. The van der Waals surface area contributed by atoms with Crippen molar-refractivity contribution in [3.63, 3.8) is 0 Å². The van der Waals surface area contributed by atoms with Crippen LogP contribution in [0.2, 0.25) is 0 Å². The molecule has 2 rings (SSSR count). The number of anilines is 1. The summed E-state index contributed by atoms with van der Waals surface area (Å²) in [6.45, 7) is 1.54. The summed E-state index contributed by atoms with van der Waals surface area (Å²) in [5.41, 5.74) is -0.139. The molecule has 0 spiro atoms. The van der Waals surface area contributed by atoms with Crippen LogP contribution in [-0.2, 0) is 0 Å². The van der Waals surface area contributed by atoms with Crippen molar-refractivity contribution in [2.75, 3.05) is 5.32 Å². The second kappa shape index (κ2) is 5.66. The summed E-state index contributed by atoms with van der Waals surface area (Å²) in [4.78, 5) is 0. The first kappa shape index (κ1) is 13.9. The fraction of sp³-hybridized carbons (Fsp3) is 0.133. The van der Waals surface area contributed by atoms with Gasteiger partial charge in [0.1, 0.15) is 29.1 Å². The van der Waals surface area contributed by atoms with Gasteiger partial charge in [-0.15, -0.1) is 0 Å². The highest BCUT2D eigenvalue weighted by molar-refractivity contribution is 5.58. The van der Waals surface area contributed by atoms with Crippen molar-refractivity contribution in [3.05, 3.63) is 65.0 Å². The molecule has 0 heterocycles. The maximum Gasteiger partial charge on any atom is 0.143 e. The van der Waals surface area contributed by atoms with E-state index < -0.39 is 23.5 Å². The van der Waals surface area contributed by atoms with Gasteiger partial charge in [-0.2, -0.15) is 5.26 Å². The monoisotopic (exact) mass is 276 g/mol. The Morgan fingerprint density at radius 2 is 1.55 bits per heavy atom. The topological polar surface area (TPSA) is 35.8 Å². The van der Waals surface area contributed by atoms with E-state index >= 15 is 0 Å². The molecule has 1 atom stereocenters. The van der Waals surface area contributed by atoms with E-state index in [-0.39, 0.29) is 16.8 Å². The highest BCUT2D eigenvalue weighted by Crippen LogP contribution is 2.26. The number of nitrogens with zero attached hydrogens (tertiary/aromatic N) is 1. The first-order chi connectivity index (χ1) is 9.54. The molecule has 2 aromatic carbocycles. The summed E-state index contributed by atoms with van der Waals surface area (Å²) in [5, 5.41) is 11.7. The van der Waals surface area contributed by atoms with E-state index in [1.165, 1.54) is 25.1 Å². The van der Waals surface area contributed by atoms with E-state index in [2.05, 4.69) is 5.32 Å². The van der Waals surface area contributed by atoms with Crippen LogP contribution in [0.5, 0.6) is 0 Å². The summed E-state index contributed by atoms with van der Waals surface area (Å²) in [6.07, 6.45) is 0. The molecule has 0 aliphatic rings. The lowest BCUT2D eigenvalue weighted by atomic mass is 10.1. The molecule has 0 aromatic heterocycles. The second-order valence-electron chi connectivity index (χ2n) is 4.28. The van der Waals surface area contributed by atoms with E-state index in [0.717, 1.165) is 18.2 Å². The molecule has 0 radical (unpaired) electrons. The van der Waals surface area contributed by atoms with E-state index in [0.29, 0.717) is 0 Å². The van der Waals surface area contributed by atoms with Crippen molar-refractivity contribution in [2.24, 2.45) is 0 Å². The summed E-state index contributed by atoms with van der Waals surface area (Å²) in [7, 11) is 0. The first-order valence-electron chi connectivity index (χ1n) is 5.93. The maximum atomic E-state index is 13.6. The molecule has 0 aliphatic carbocycles. The zero-order chi connectivity index (χ0) is 14.7. The number of nitrogens with one attached hydrogen (secondary N) is 1. The van der Waals surface area contributed by atoms with E-state index in [4.69, 9.17) is 5.26 Å². The normalized spacial score (nSPS) is 11.8. The lowest BCUT2D eigenvalue weighted by Crippen LogP contribution is -2.12. The SMILES string of the molecule is CC(Nc1cccc(F)c1C#N)c1c(F)cccc1F. The minimum Gasteiger partial charge on any atom is -0.377 e. The number of hydrogen-bond acceptors (Lipinski definition) is 2. The van der Waals surface area contributed by atoms with Crippen LogP contribution < -0.4 is 5.32 Å². The Hall–Kier alpha value is -2.48. The van der Waals surface area contributed by atoms with Crippen LogP contribution in [0.25, 0.3) is 0 Å². The molecular formula is C15H11F3N2. The van der Waals surface area contributed by atoms with Gasteiger partial charge in [0.25, 0.3) is 0 Å². The van der Waals surface area contributed by atoms with Crippen molar-refractivity contribution in [3.8, 4) is 6.07 Å². The third kappa shape index (κ3) is 2.59. The smallest absolute Gasteiger partial charge is 0.143 e. The number of benzene rings is 2. The van der Waals surface area contributed by atoms with Gasteiger partial charge in [-0.05, 0) is 31.2 Å². The molecule has 0 fully saturated rings. The van der Waals surface area contributed by atoms with Crippen molar-refractivity contribution < 1.29 is 13.2 Å². The molecule has 2 aromatic rings. The maximum absolute atomic E-state index is 13.6. The summed E-state index contributed by atoms with van der Waals surface area (Å²) in [5.74, 6) is -2.07. The van der Waals surface area contributed by atoms with Gasteiger partial charge in [-0.25, -0.2) is 13.2 Å². The number of rotatable bonds is 3. The van der Waals surface area contributed by atoms with Crippen molar-refractivity contribution in [1.29, 1.82) is 5.26 Å². The predicted molar refractivity (Wildman–Crippen MR) is 69.5 cm³/mol. The van der Waals surface area contributed by atoms with Gasteiger partial charge in [0.15, 0.2) is 0 Å². The van der Waals surface area contributed by atoms with Gasteiger partial charge in [-0.3, -0.25) is 0 Å². The Balaban J connectivity index is 2.36. The molecule has 2 nitrogen and oxygen atoms in total. The lowest BCUT2D eigenvalue weighted by molar-refractivity contribution is 0.544. The van der Waals surface area contributed by atoms with Gasteiger partial charge in [-0.1, -0.05) is 12.1 Å². The van der Waals surface area contributed by atoms with Crippen LogP contribution in [-0.4, -0.2) is 0 Å². The minimum atomic E-state index is -0.745. The predicted octanol–water partition coefficient (Wildman–Crippen LogP) is 4.15. The largest absolute Gasteiger partial charge is 0.377 e. The van der Waals surface area contributed by atoms with Crippen LogP contribution in [0.3, 0.4) is 0 Å². The van der Waals surface area contributed by atoms with Crippen LogP contribution in [0.4, 0.5) is 18.9 Å². The molecule has 5 heteroatoms. The average Bonchev–Trinajstić information content (AvgIpc) is 2.38. The summed E-state index contributed by atoms with van der Waals surface area (Å²) >= 11 is 0. The second-order valence-corrected chi connectivity index (χ2v) is 4.28. The molecule has 20 heavy (non-hydrogen) atoms. The van der Waals surface area contributed by atoms with E-state index in [1.807, 2.05) is 0 Å². The van der Waals surface area contributed by atoms with Crippen LogP contribution >= 0.6 is 0 Å². The van der Waals surface area contributed by atoms with E-state index in [9.17, 15) is 13.2 Å². The Bertz CT molecular complexity index is 657. The Morgan fingerprint density at radius 3 is 2.15 bits per heavy atom. The lowest BCUT2D eigenvalue weighted by Gasteiger charge is -2.18. The highest BCUT2D eigenvalue weighted by atomic mass is 19.1. The summed E-state index contributed by atoms with van der Waals surface area (Å²) < 4.78 is 40.7. The molecule has 1 unspecified atom stereocenters. The van der Waals surface area contributed by atoms with Crippen LogP contribution in [0, 0.1) is 28.8 Å². The molecular weight excluding hydrogens is 265 g/mol. The summed E-state index contributed by atoms with van der Waals surface area (Å²) in [6, 6.07) is 8.59. The van der Waals surface area contributed by atoms with E-state index in [1.54, 1.807) is 6.07 Å². The third-order valence-electron chi connectivity index (χ3n) is 2.93. The van der Waals surface area contributed by atoms with Gasteiger partial charge in [0.05, 0.1) is 11.7 Å². The zero-order valence-corrected chi connectivity index (χ0v) is 10.6. The number of halogens is 3. The Labute approximate surface area is 114 Å². The van der Waals surface area contributed by atoms with Crippen LogP contribution in [0.1, 0.15) is 24.1 Å². The fourth-order valence-corrected chi connectivity index (χ4v) is 1.99. The minimum absolute atomic E-state index is 0.152.